The molecule has 0 aliphatic carbocycles. The molecule has 0 atom stereocenters. The van der Waals surface area contributed by atoms with Crippen LogP contribution in [0.3, 0.4) is 0 Å². The molecule has 2 aromatic carbocycles. The summed E-state index contributed by atoms with van der Waals surface area (Å²) in [6.45, 7) is 4.02. The van der Waals surface area contributed by atoms with E-state index in [0.717, 1.165) is 22.2 Å². The van der Waals surface area contributed by atoms with Crippen molar-refractivity contribution in [2.75, 3.05) is 0 Å². The Morgan fingerprint density at radius 1 is 1.32 bits per heavy atom. The molecule has 0 bridgehead atoms. The van der Waals surface area contributed by atoms with Gasteiger partial charge in [0, 0.05) is 6.07 Å². The molecule has 1 aromatic heterocycles. The number of fused-ring (bicyclic) bond motifs is 1. The molecule has 0 amide bonds. The van der Waals surface area contributed by atoms with E-state index in [1.165, 1.54) is 6.07 Å². The van der Waals surface area contributed by atoms with Gasteiger partial charge in [0.2, 0.25) is 0 Å². The molecular formula is C18H13BrN4O2. The fourth-order valence-electron chi connectivity index (χ4n) is 2.48. The smallest absolute Gasteiger partial charge is 0.284 e. The van der Waals surface area contributed by atoms with Gasteiger partial charge in [-0.25, -0.2) is 4.98 Å². The number of nitrogens with one attached hydrogen (secondary N) is 1. The van der Waals surface area contributed by atoms with Crippen LogP contribution in [0.15, 0.2) is 34.8 Å². The number of aryl methyl sites for hydroxylation is 2. The van der Waals surface area contributed by atoms with E-state index in [1.54, 1.807) is 18.2 Å². The largest absolute Gasteiger partial charge is 0.337 e. The molecule has 0 radical (unpaired) electrons. The van der Waals surface area contributed by atoms with Gasteiger partial charge in [-0.3, -0.25) is 10.1 Å². The third-order valence-electron chi connectivity index (χ3n) is 3.95. The molecule has 0 aliphatic rings. The molecule has 25 heavy (non-hydrogen) atoms. The monoisotopic (exact) mass is 396 g/mol. The van der Waals surface area contributed by atoms with E-state index in [0.29, 0.717) is 21.4 Å². The maximum Gasteiger partial charge on any atom is 0.284 e. The second-order valence-electron chi connectivity index (χ2n) is 5.68. The van der Waals surface area contributed by atoms with Gasteiger partial charge in [-0.2, -0.15) is 5.26 Å². The first-order valence-electron chi connectivity index (χ1n) is 7.42. The Balaban J connectivity index is 2.09. The molecule has 3 rings (SSSR count). The van der Waals surface area contributed by atoms with Crippen LogP contribution in [0.5, 0.6) is 0 Å². The predicted octanol–water partition coefficient (Wildman–Crippen LogP) is 4.91. The maximum absolute atomic E-state index is 11.1. The van der Waals surface area contributed by atoms with Gasteiger partial charge in [-0.05, 0) is 70.7 Å². The Bertz CT molecular complexity index is 1040. The minimum atomic E-state index is -0.472. The minimum Gasteiger partial charge on any atom is -0.337 e. The van der Waals surface area contributed by atoms with E-state index >= 15 is 0 Å². The van der Waals surface area contributed by atoms with E-state index in [-0.39, 0.29) is 5.69 Å². The van der Waals surface area contributed by atoms with E-state index < -0.39 is 4.92 Å². The molecule has 1 N–H and O–H groups in total. The van der Waals surface area contributed by atoms with Gasteiger partial charge in [-0.1, -0.05) is 6.07 Å². The number of nitro groups is 1. The van der Waals surface area contributed by atoms with Crippen molar-refractivity contribution in [3.05, 3.63) is 67.4 Å². The van der Waals surface area contributed by atoms with Gasteiger partial charge >= 0.3 is 0 Å². The third kappa shape index (κ3) is 3.30. The van der Waals surface area contributed by atoms with Gasteiger partial charge in [0.1, 0.15) is 11.9 Å². The summed E-state index contributed by atoms with van der Waals surface area (Å²) in [5, 5.41) is 20.5. The van der Waals surface area contributed by atoms with Gasteiger partial charge in [0.05, 0.1) is 26.0 Å². The molecule has 7 heteroatoms. The molecule has 0 unspecified atom stereocenters. The number of hydrogen-bond acceptors (Lipinski definition) is 4. The van der Waals surface area contributed by atoms with Crippen LogP contribution in [-0.4, -0.2) is 14.9 Å². The van der Waals surface area contributed by atoms with Crippen LogP contribution in [0, 0.1) is 35.3 Å². The summed E-state index contributed by atoms with van der Waals surface area (Å²) in [6, 6.07) is 10.8. The number of nitrogens with zero attached hydrogens (tertiary/aromatic N) is 3. The highest BCUT2D eigenvalue weighted by Gasteiger charge is 2.13. The molecule has 0 aliphatic heterocycles. The number of rotatable bonds is 3. The number of H-pyrrole nitrogens is 1. The average molecular weight is 397 g/mol. The van der Waals surface area contributed by atoms with Crippen molar-refractivity contribution in [3.63, 3.8) is 0 Å². The van der Waals surface area contributed by atoms with Crippen molar-refractivity contribution in [2.45, 2.75) is 13.8 Å². The van der Waals surface area contributed by atoms with Crippen molar-refractivity contribution in [1.29, 1.82) is 5.26 Å². The summed E-state index contributed by atoms with van der Waals surface area (Å²) in [4.78, 5) is 18.2. The number of benzene rings is 2. The number of nitriles is 1. The zero-order valence-electron chi connectivity index (χ0n) is 13.5. The average Bonchev–Trinajstić information content (AvgIpc) is 2.96. The normalized spacial score (nSPS) is 11.5. The predicted molar refractivity (Wildman–Crippen MR) is 99.8 cm³/mol. The fourth-order valence-corrected chi connectivity index (χ4v) is 2.87. The highest BCUT2D eigenvalue weighted by Crippen LogP contribution is 2.28. The van der Waals surface area contributed by atoms with Crippen LogP contribution >= 0.6 is 15.9 Å². The molecule has 0 fully saturated rings. The number of aromatic amines is 1. The van der Waals surface area contributed by atoms with E-state index in [2.05, 4.69) is 32.0 Å². The lowest BCUT2D eigenvalue weighted by Crippen LogP contribution is -1.90. The number of allylic oxidation sites excluding steroid dienone is 1. The zero-order valence-corrected chi connectivity index (χ0v) is 15.1. The third-order valence-corrected chi connectivity index (χ3v) is 4.62. The van der Waals surface area contributed by atoms with Gasteiger partial charge in [0.25, 0.3) is 5.69 Å². The molecular weight excluding hydrogens is 384 g/mol. The van der Waals surface area contributed by atoms with Crippen LogP contribution in [0.2, 0.25) is 0 Å². The first-order chi connectivity index (χ1) is 11.9. The molecule has 6 nitrogen and oxygen atoms in total. The number of halogens is 1. The highest BCUT2D eigenvalue weighted by molar-refractivity contribution is 9.10. The van der Waals surface area contributed by atoms with Crippen LogP contribution in [0.25, 0.3) is 22.7 Å². The molecule has 0 saturated carbocycles. The summed E-state index contributed by atoms with van der Waals surface area (Å²) in [7, 11) is 0. The van der Waals surface area contributed by atoms with Gasteiger partial charge in [-0.15, -0.1) is 0 Å². The topological polar surface area (TPSA) is 95.6 Å². The Morgan fingerprint density at radius 2 is 2.04 bits per heavy atom. The molecule has 3 aromatic rings. The highest BCUT2D eigenvalue weighted by atomic mass is 79.9. The Labute approximate surface area is 152 Å². The number of aromatic nitrogens is 2. The second-order valence-corrected chi connectivity index (χ2v) is 6.53. The van der Waals surface area contributed by atoms with Crippen LogP contribution in [-0.2, 0) is 0 Å². The molecule has 0 saturated heterocycles. The summed E-state index contributed by atoms with van der Waals surface area (Å²) in [5.41, 5.74) is 4.69. The standard InChI is InChI=1S/C18H13BrN4O2/c1-10-5-15-16(6-11(10)2)22-18(21-15)13(9-20)7-12-3-4-14(19)17(8-12)23(24)25/h3-8H,1-2H3,(H,21,22)/b13-7-. The van der Waals surface area contributed by atoms with E-state index in [9.17, 15) is 15.4 Å². The molecule has 124 valence electrons. The van der Waals surface area contributed by atoms with Crippen LogP contribution in [0.1, 0.15) is 22.5 Å². The lowest BCUT2D eigenvalue weighted by molar-refractivity contribution is -0.385. The van der Waals surface area contributed by atoms with Crippen LogP contribution < -0.4 is 0 Å². The first-order valence-corrected chi connectivity index (χ1v) is 8.21. The van der Waals surface area contributed by atoms with Crippen molar-refractivity contribution >= 4 is 44.3 Å². The van der Waals surface area contributed by atoms with Crippen LogP contribution in [0.4, 0.5) is 5.69 Å². The summed E-state index contributed by atoms with van der Waals surface area (Å²) in [5.74, 6) is 0.438. The van der Waals surface area contributed by atoms with Crippen molar-refractivity contribution in [2.24, 2.45) is 0 Å². The summed E-state index contributed by atoms with van der Waals surface area (Å²) < 4.78 is 0.392. The lowest BCUT2D eigenvalue weighted by Gasteiger charge is -1.99. The second kappa shape index (κ2) is 6.49. The van der Waals surface area contributed by atoms with E-state index in [1.807, 2.05) is 26.0 Å². The Morgan fingerprint density at radius 3 is 2.72 bits per heavy atom. The van der Waals surface area contributed by atoms with Gasteiger partial charge < -0.3 is 4.98 Å². The number of imidazole rings is 1. The zero-order chi connectivity index (χ0) is 18.1. The van der Waals surface area contributed by atoms with Crippen molar-refractivity contribution in [3.8, 4) is 6.07 Å². The Hall–Kier alpha value is -2.98. The lowest BCUT2D eigenvalue weighted by atomic mass is 10.1. The Kier molecular flexibility index (Phi) is 4.38. The van der Waals surface area contributed by atoms with Crippen molar-refractivity contribution < 1.29 is 4.92 Å². The summed E-state index contributed by atoms with van der Waals surface area (Å²) in [6.07, 6.45) is 1.58. The quantitative estimate of drug-likeness (QED) is 0.386. The first kappa shape index (κ1) is 16.9. The SMILES string of the molecule is Cc1cc2nc(/C(C#N)=C\c3ccc(Br)c([N+](=O)[O-])c3)[nH]c2cc1C. The number of nitro benzene ring substituents is 1. The maximum atomic E-state index is 11.1. The van der Waals surface area contributed by atoms with Gasteiger partial charge in [0.15, 0.2) is 0 Å². The molecule has 1 heterocycles. The number of hydrogen-bond donors (Lipinski definition) is 1. The van der Waals surface area contributed by atoms with E-state index in [4.69, 9.17) is 0 Å². The minimum absolute atomic E-state index is 0.0538. The summed E-state index contributed by atoms with van der Waals surface area (Å²) >= 11 is 3.15. The molecule has 0 spiro atoms. The fraction of sp³-hybridized carbons (Fsp3) is 0.111. The van der Waals surface area contributed by atoms with Crippen molar-refractivity contribution in [1.82, 2.24) is 9.97 Å².